The number of halogens is 2. The number of nitrogens with zero attached hydrogens (tertiary/aromatic N) is 2. The van der Waals surface area contributed by atoms with Crippen LogP contribution in [0.1, 0.15) is 21.8 Å². The van der Waals surface area contributed by atoms with Gasteiger partial charge in [0, 0.05) is 16.9 Å². The molecule has 5 heteroatoms. The van der Waals surface area contributed by atoms with E-state index < -0.39 is 17.5 Å². The van der Waals surface area contributed by atoms with Crippen LogP contribution in [0.2, 0.25) is 0 Å². The summed E-state index contributed by atoms with van der Waals surface area (Å²) in [6, 6.07) is 9.38. The Bertz CT molecular complexity index is 632. The van der Waals surface area contributed by atoms with E-state index in [1.54, 1.807) is 24.4 Å². The Morgan fingerprint density at radius 2 is 2.16 bits per heavy atom. The molecule has 1 unspecified atom stereocenters. The fourth-order valence-corrected chi connectivity index (χ4v) is 2.25. The normalized spacial score (nSPS) is 11.6. The van der Waals surface area contributed by atoms with Crippen molar-refractivity contribution < 1.29 is 9.18 Å². The van der Waals surface area contributed by atoms with E-state index >= 15 is 0 Å². The van der Waals surface area contributed by atoms with Crippen molar-refractivity contribution in [3.8, 4) is 6.07 Å². The van der Waals surface area contributed by atoms with Crippen LogP contribution in [-0.4, -0.2) is 10.8 Å². The number of hydrogen-bond donors (Lipinski definition) is 0. The highest BCUT2D eigenvalue weighted by Gasteiger charge is 2.26. The largest absolute Gasteiger partial charge is 0.292 e. The van der Waals surface area contributed by atoms with Crippen molar-refractivity contribution in [1.82, 2.24) is 4.98 Å². The van der Waals surface area contributed by atoms with Crippen LogP contribution < -0.4 is 0 Å². The van der Waals surface area contributed by atoms with Crippen molar-refractivity contribution in [2.45, 2.75) is 5.92 Å². The van der Waals surface area contributed by atoms with Crippen LogP contribution >= 0.6 is 15.9 Å². The molecule has 0 saturated carbocycles. The number of carbonyl (C=O) groups excluding carboxylic acids is 1. The van der Waals surface area contributed by atoms with Crippen LogP contribution in [-0.2, 0) is 0 Å². The highest BCUT2D eigenvalue weighted by Crippen LogP contribution is 2.26. The molecule has 2 aromatic rings. The molecule has 0 aliphatic heterocycles. The molecule has 0 bridgehead atoms. The van der Waals surface area contributed by atoms with Crippen molar-refractivity contribution in [2.75, 3.05) is 0 Å². The van der Waals surface area contributed by atoms with Gasteiger partial charge in [0.1, 0.15) is 11.7 Å². The summed E-state index contributed by atoms with van der Waals surface area (Å²) in [4.78, 5) is 16.2. The van der Waals surface area contributed by atoms with Gasteiger partial charge in [-0.1, -0.05) is 12.1 Å². The quantitative estimate of drug-likeness (QED) is 0.814. The van der Waals surface area contributed by atoms with Gasteiger partial charge >= 0.3 is 0 Å². The second kappa shape index (κ2) is 5.72. The lowest BCUT2D eigenvalue weighted by Crippen LogP contribution is -2.14. The molecule has 1 aromatic heterocycles. The number of benzene rings is 1. The summed E-state index contributed by atoms with van der Waals surface area (Å²) in [6.45, 7) is 0. The average molecular weight is 319 g/mol. The van der Waals surface area contributed by atoms with Crippen LogP contribution in [0.3, 0.4) is 0 Å². The second-order valence-corrected chi connectivity index (χ2v) is 4.66. The predicted octanol–water partition coefficient (Wildman–Crippen LogP) is 3.47. The molecular formula is C14H8BrFN2O. The molecule has 0 aliphatic carbocycles. The highest BCUT2D eigenvalue weighted by molar-refractivity contribution is 9.10. The van der Waals surface area contributed by atoms with E-state index in [1.807, 2.05) is 6.07 Å². The first-order valence-electron chi connectivity index (χ1n) is 5.43. The molecule has 0 spiro atoms. The van der Waals surface area contributed by atoms with Crippen LogP contribution in [0.15, 0.2) is 47.2 Å². The SMILES string of the molecule is N#CC(C(=O)c1c(F)cccc1Br)c1cccnc1. The molecule has 0 N–H and O–H groups in total. The number of rotatable bonds is 3. The Hall–Kier alpha value is -2.06. The smallest absolute Gasteiger partial charge is 0.188 e. The van der Waals surface area contributed by atoms with Gasteiger partial charge in [0.05, 0.1) is 11.6 Å². The van der Waals surface area contributed by atoms with E-state index in [-0.39, 0.29) is 5.56 Å². The lowest BCUT2D eigenvalue weighted by atomic mass is 9.93. The third-order valence-electron chi connectivity index (χ3n) is 2.62. The monoisotopic (exact) mass is 318 g/mol. The Kier molecular flexibility index (Phi) is 4.03. The molecule has 0 aliphatic rings. The number of aromatic nitrogens is 1. The Morgan fingerprint density at radius 3 is 2.74 bits per heavy atom. The maximum Gasteiger partial charge on any atom is 0.188 e. The van der Waals surface area contributed by atoms with Crippen molar-refractivity contribution in [2.24, 2.45) is 0 Å². The van der Waals surface area contributed by atoms with Gasteiger partial charge in [0.2, 0.25) is 0 Å². The fraction of sp³-hybridized carbons (Fsp3) is 0.0714. The van der Waals surface area contributed by atoms with Crippen LogP contribution in [0.4, 0.5) is 4.39 Å². The van der Waals surface area contributed by atoms with Gasteiger partial charge in [0.25, 0.3) is 0 Å². The van der Waals surface area contributed by atoms with E-state index in [0.717, 1.165) is 0 Å². The summed E-state index contributed by atoms with van der Waals surface area (Å²) in [6.07, 6.45) is 2.97. The van der Waals surface area contributed by atoms with E-state index in [0.29, 0.717) is 10.0 Å². The molecule has 0 fully saturated rings. The highest BCUT2D eigenvalue weighted by atomic mass is 79.9. The van der Waals surface area contributed by atoms with Crippen molar-refractivity contribution in [3.63, 3.8) is 0 Å². The third kappa shape index (κ3) is 2.69. The maximum absolute atomic E-state index is 13.7. The number of ketones is 1. The molecule has 2 rings (SSSR count). The molecule has 1 heterocycles. The summed E-state index contributed by atoms with van der Waals surface area (Å²) in [5, 5.41) is 9.16. The third-order valence-corrected chi connectivity index (χ3v) is 3.28. The van der Waals surface area contributed by atoms with Crippen molar-refractivity contribution in [3.05, 3.63) is 64.1 Å². The molecule has 94 valence electrons. The zero-order valence-corrected chi connectivity index (χ0v) is 11.3. The lowest BCUT2D eigenvalue weighted by Gasteiger charge is -2.10. The molecule has 0 radical (unpaired) electrons. The average Bonchev–Trinajstić information content (AvgIpc) is 2.40. The van der Waals surface area contributed by atoms with Gasteiger partial charge in [-0.05, 0) is 39.7 Å². The van der Waals surface area contributed by atoms with Crippen LogP contribution in [0.5, 0.6) is 0 Å². The summed E-state index contributed by atoms with van der Waals surface area (Å²) in [5.74, 6) is -2.30. The second-order valence-electron chi connectivity index (χ2n) is 3.81. The number of carbonyl (C=O) groups is 1. The Morgan fingerprint density at radius 1 is 1.37 bits per heavy atom. The summed E-state index contributed by atoms with van der Waals surface area (Å²) in [7, 11) is 0. The number of pyridine rings is 1. The number of hydrogen-bond acceptors (Lipinski definition) is 3. The summed E-state index contributed by atoms with van der Waals surface area (Å²) < 4.78 is 14.1. The van der Waals surface area contributed by atoms with Gasteiger partial charge in [-0.2, -0.15) is 5.26 Å². The first-order valence-corrected chi connectivity index (χ1v) is 6.22. The molecule has 19 heavy (non-hydrogen) atoms. The molecule has 0 amide bonds. The molecule has 1 atom stereocenters. The Balaban J connectivity index is 2.46. The minimum absolute atomic E-state index is 0.113. The van der Waals surface area contributed by atoms with Gasteiger partial charge in [0.15, 0.2) is 5.78 Å². The zero-order valence-electron chi connectivity index (χ0n) is 9.68. The fourth-order valence-electron chi connectivity index (χ4n) is 1.71. The molecular weight excluding hydrogens is 311 g/mol. The van der Waals surface area contributed by atoms with Gasteiger partial charge in [-0.25, -0.2) is 4.39 Å². The minimum Gasteiger partial charge on any atom is -0.292 e. The van der Waals surface area contributed by atoms with E-state index in [9.17, 15) is 9.18 Å². The van der Waals surface area contributed by atoms with Crippen molar-refractivity contribution >= 4 is 21.7 Å². The summed E-state index contributed by atoms with van der Waals surface area (Å²) >= 11 is 3.13. The molecule has 3 nitrogen and oxygen atoms in total. The van der Waals surface area contributed by atoms with Gasteiger partial charge < -0.3 is 0 Å². The predicted molar refractivity (Wildman–Crippen MR) is 71.0 cm³/mol. The van der Waals surface area contributed by atoms with Gasteiger partial charge in [-0.3, -0.25) is 9.78 Å². The molecule has 1 aromatic carbocycles. The molecule has 0 saturated heterocycles. The number of nitriles is 1. The van der Waals surface area contributed by atoms with E-state index in [2.05, 4.69) is 20.9 Å². The van der Waals surface area contributed by atoms with E-state index in [1.165, 1.54) is 18.3 Å². The summed E-state index contributed by atoms with van der Waals surface area (Å²) in [5.41, 5.74) is 0.336. The maximum atomic E-state index is 13.7. The zero-order chi connectivity index (χ0) is 13.8. The Labute approximate surface area is 117 Å². The topological polar surface area (TPSA) is 53.8 Å². The first kappa shape index (κ1) is 13.4. The van der Waals surface area contributed by atoms with E-state index in [4.69, 9.17) is 5.26 Å². The first-order chi connectivity index (χ1) is 9.15. The van der Waals surface area contributed by atoms with Crippen LogP contribution in [0.25, 0.3) is 0 Å². The standard InChI is InChI=1S/C14H8BrFN2O/c15-11-4-1-5-12(16)13(11)14(19)10(7-17)9-3-2-6-18-8-9/h1-6,8,10H. The number of Topliss-reactive ketones (excluding diaryl/α,β-unsaturated/α-hetero) is 1. The van der Waals surface area contributed by atoms with Crippen molar-refractivity contribution in [1.29, 1.82) is 5.26 Å². The minimum atomic E-state index is -1.07. The van der Waals surface area contributed by atoms with Crippen LogP contribution in [0, 0.1) is 17.1 Å². The lowest BCUT2D eigenvalue weighted by molar-refractivity contribution is 0.0974. The van der Waals surface area contributed by atoms with Gasteiger partial charge in [-0.15, -0.1) is 0 Å².